The van der Waals surface area contributed by atoms with Crippen molar-refractivity contribution in [2.24, 2.45) is 5.92 Å². The number of nitrogens with zero attached hydrogens (tertiary/aromatic N) is 1. The summed E-state index contributed by atoms with van der Waals surface area (Å²) in [5.74, 6) is 0.338. The highest BCUT2D eigenvalue weighted by Crippen LogP contribution is 2.26. The summed E-state index contributed by atoms with van der Waals surface area (Å²) in [6.07, 6.45) is 7.43. The van der Waals surface area contributed by atoms with Gasteiger partial charge in [0.25, 0.3) is 0 Å². The smallest absolute Gasteiger partial charge is 0.339 e. The molecule has 0 bridgehead atoms. The summed E-state index contributed by atoms with van der Waals surface area (Å²) < 4.78 is 4.70. The molecule has 0 radical (unpaired) electrons. The molecule has 1 aliphatic carbocycles. The van der Waals surface area contributed by atoms with Crippen LogP contribution < -0.4 is 10.6 Å². The van der Waals surface area contributed by atoms with Gasteiger partial charge in [-0.05, 0) is 49.8 Å². The Morgan fingerprint density at radius 2 is 1.89 bits per heavy atom. The summed E-state index contributed by atoms with van der Waals surface area (Å²) >= 11 is 6.00. The normalized spacial score (nSPS) is 19.0. The minimum Gasteiger partial charge on any atom is -0.465 e. The lowest BCUT2D eigenvalue weighted by molar-refractivity contribution is 0.0601. The van der Waals surface area contributed by atoms with Crippen LogP contribution in [0.5, 0.6) is 0 Å². The van der Waals surface area contributed by atoms with Gasteiger partial charge in [-0.1, -0.05) is 24.4 Å². The van der Waals surface area contributed by atoms with Crippen LogP contribution in [0.25, 0.3) is 0 Å². The van der Waals surface area contributed by atoms with E-state index in [1.807, 2.05) is 0 Å². The predicted octanol–water partition coefficient (Wildman–Crippen LogP) is 3.90. The van der Waals surface area contributed by atoms with Crippen molar-refractivity contribution >= 4 is 29.3 Å². The molecule has 3 rings (SSSR count). The minimum absolute atomic E-state index is 0.178. The number of urea groups is 1. The molecule has 0 atom stereocenters. The molecule has 2 fully saturated rings. The summed E-state index contributed by atoms with van der Waals surface area (Å²) in [7, 11) is 1.30. The second kappa shape index (κ2) is 9.42. The average Bonchev–Trinajstić information content (AvgIpc) is 3.17. The Labute approximate surface area is 165 Å². The molecule has 148 valence electrons. The summed E-state index contributed by atoms with van der Waals surface area (Å²) in [6, 6.07) is 4.68. The van der Waals surface area contributed by atoms with Gasteiger partial charge < -0.3 is 20.3 Å². The fourth-order valence-corrected chi connectivity index (χ4v) is 4.23. The van der Waals surface area contributed by atoms with Crippen LogP contribution in [0.2, 0.25) is 5.02 Å². The van der Waals surface area contributed by atoms with Gasteiger partial charge in [0, 0.05) is 31.4 Å². The molecule has 2 N–H and O–H groups in total. The monoisotopic (exact) mass is 393 g/mol. The Kier molecular flexibility index (Phi) is 6.96. The topological polar surface area (TPSA) is 70.7 Å². The first-order valence-electron chi connectivity index (χ1n) is 9.73. The maximum absolute atomic E-state index is 12.3. The molecular formula is C20H28ClN3O3. The van der Waals surface area contributed by atoms with Gasteiger partial charge >= 0.3 is 12.0 Å². The van der Waals surface area contributed by atoms with Crippen molar-refractivity contribution in [2.45, 2.75) is 44.6 Å². The maximum atomic E-state index is 12.3. The molecule has 1 aromatic rings. The number of rotatable bonds is 5. The first kappa shape index (κ1) is 20.0. The third kappa shape index (κ3) is 5.59. The summed E-state index contributed by atoms with van der Waals surface area (Å²) in [6.45, 7) is 3.28. The van der Waals surface area contributed by atoms with Crippen LogP contribution in [-0.2, 0) is 4.74 Å². The number of halogens is 1. The molecule has 1 saturated carbocycles. The Hall–Kier alpha value is -1.79. The van der Waals surface area contributed by atoms with Crippen molar-refractivity contribution in [2.75, 3.05) is 32.1 Å². The number of piperidine rings is 1. The molecule has 0 spiro atoms. The molecule has 1 aromatic carbocycles. The third-order valence-corrected chi connectivity index (χ3v) is 5.87. The van der Waals surface area contributed by atoms with Gasteiger partial charge in [0.1, 0.15) is 0 Å². The van der Waals surface area contributed by atoms with Crippen LogP contribution in [-0.4, -0.2) is 49.7 Å². The number of nitrogens with one attached hydrogen (secondary N) is 2. The second-order valence-electron chi connectivity index (χ2n) is 7.51. The lowest BCUT2D eigenvalue weighted by atomic mass is 10.0. The number of methoxy groups -OCH3 is 1. The molecule has 0 aromatic heterocycles. The average molecular weight is 394 g/mol. The zero-order chi connectivity index (χ0) is 19.2. The van der Waals surface area contributed by atoms with E-state index in [9.17, 15) is 9.59 Å². The van der Waals surface area contributed by atoms with Gasteiger partial charge in [0.05, 0.1) is 17.7 Å². The van der Waals surface area contributed by atoms with Crippen LogP contribution in [0.15, 0.2) is 18.2 Å². The van der Waals surface area contributed by atoms with E-state index in [1.54, 1.807) is 12.1 Å². The van der Waals surface area contributed by atoms with Crippen LogP contribution in [0.1, 0.15) is 48.9 Å². The molecule has 1 heterocycles. The predicted molar refractivity (Wildman–Crippen MR) is 106 cm³/mol. The van der Waals surface area contributed by atoms with Gasteiger partial charge in [-0.25, -0.2) is 9.59 Å². The zero-order valence-electron chi connectivity index (χ0n) is 15.8. The van der Waals surface area contributed by atoms with E-state index in [2.05, 4.69) is 15.5 Å². The van der Waals surface area contributed by atoms with Gasteiger partial charge in [0.15, 0.2) is 0 Å². The van der Waals surface area contributed by atoms with Crippen molar-refractivity contribution in [3.63, 3.8) is 0 Å². The fraction of sp³-hybridized carbons (Fsp3) is 0.600. The number of hydrogen-bond donors (Lipinski definition) is 2. The van der Waals surface area contributed by atoms with Crippen LogP contribution in [0, 0.1) is 5.92 Å². The Morgan fingerprint density at radius 1 is 1.19 bits per heavy atom. The number of hydrogen-bond acceptors (Lipinski definition) is 4. The van der Waals surface area contributed by atoms with Gasteiger partial charge in [-0.3, -0.25) is 0 Å². The van der Waals surface area contributed by atoms with E-state index in [0.717, 1.165) is 31.8 Å². The molecule has 2 amide bonds. The highest BCUT2D eigenvalue weighted by molar-refractivity contribution is 6.33. The molecule has 27 heavy (non-hydrogen) atoms. The van der Waals surface area contributed by atoms with E-state index in [4.69, 9.17) is 16.3 Å². The number of anilines is 1. The van der Waals surface area contributed by atoms with Crippen molar-refractivity contribution in [1.82, 2.24) is 10.2 Å². The Morgan fingerprint density at radius 3 is 2.56 bits per heavy atom. The van der Waals surface area contributed by atoms with Crippen molar-refractivity contribution < 1.29 is 14.3 Å². The second-order valence-corrected chi connectivity index (χ2v) is 7.92. The lowest BCUT2D eigenvalue weighted by Crippen LogP contribution is -2.46. The molecule has 0 unspecified atom stereocenters. The third-order valence-electron chi connectivity index (χ3n) is 5.54. The van der Waals surface area contributed by atoms with Gasteiger partial charge in [-0.15, -0.1) is 0 Å². The molecular weight excluding hydrogens is 366 g/mol. The molecule has 1 saturated heterocycles. The van der Waals surface area contributed by atoms with Crippen molar-refractivity contribution in [3.8, 4) is 0 Å². The van der Waals surface area contributed by atoms with Gasteiger partial charge in [-0.2, -0.15) is 0 Å². The number of carbonyl (C=O) groups excluding carboxylic acids is 2. The maximum Gasteiger partial charge on any atom is 0.339 e. The van der Waals surface area contributed by atoms with E-state index in [0.29, 0.717) is 10.7 Å². The van der Waals surface area contributed by atoms with E-state index < -0.39 is 5.97 Å². The van der Waals surface area contributed by atoms with Crippen molar-refractivity contribution in [3.05, 3.63) is 28.8 Å². The van der Waals surface area contributed by atoms with Crippen molar-refractivity contribution in [1.29, 1.82) is 0 Å². The summed E-state index contributed by atoms with van der Waals surface area (Å²) in [5.41, 5.74) is 0.744. The largest absolute Gasteiger partial charge is 0.465 e. The SMILES string of the molecule is COC(=O)c1cc(NC(=O)NC2CCN(CC3CCCC3)CC2)ccc1Cl. The van der Waals surface area contributed by atoms with Crippen LogP contribution in [0.4, 0.5) is 10.5 Å². The molecule has 2 aliphatic rings. The number of esters is 1. The molecule has 7 heteroatoms. The van der Waals surface area contributed by atoms with Crippen LogP contribution in [0.3, 0.4) is 0 Å². The molecule has 6 nitrogen and oxygen atoms in total. The first-order valence-corrected chi connectivity index (χ1v) is 10.1. The number of benzene rings is 1. The zero-order valence-corrected chi connectivity index (χ0v) is 16.6. The summed E-state index contributed by atoms with van der Waals surface area (Å²) in [5, 5.41) is 6.10. The van der Waals surface area contributed by atoms with E-state index in [-0.39, 0.29) is 17.6 Å². The number of ether oxygens (including phenoxy) is 1. The highest BCUT2D eigenvalue weighted by Gasteiger charge is 2.24. The highest BCUT2D eigenvalue weighted by atomic mass is 35.5. The Bertz CT molecular complexity index is 668. The summed E-state index contributed by atoms with van der Waals surface area (Å²) in [4.78, 5) is 26.5. The number of carbonyl (C=O) groups is 2. The quantitative estimate of drug-likeness (QED) is 0.744. The first-order chi connectivity index (χ1) is 13.0. The number of likely N-dealkylation sites (tertiary alicyclic amines) is 1. The fourth-order valence-electron chi connectivity index (χ4n) is 4.04. The van der Waals surface area contributed by atoms with E-state index >= 15 is 0 Å². The Balaban J connectivity index is 1.45. The minimum atomic E-state index is -0.529. The van der Waals surface area contributed by atoms with E-state index in [1.165, 1.54) is 45.4 Å². The number of amides is 2. The lowest BCUT2D eigenvalue weighted by Gasteiger charge is -2.33. The molecule has 1 aliphatic heterocycles. The van der Waals surface area contributed by atoms with Crippen LogP contribution >= 0.6 is 11.6 Å². The standard InChI is InChI=1S/C20H28ClN3O3/c1-27-19(25)17-12-16(6-7-18(17)21)23-20(26)22-15-8-10-24(11-9-15)13-14-4-2-3-5-14/h6-7,12,14-15H,2-5,8-11,13H2,1H3,(H2,22,23,26). The van der Waals surface area contributed by atoms with Gasteiger partial charge in [0.2, 0.25) is 0 Å².